The van der Waals surface area contributed by atoms with E-state index in [1.165, 1.54) is 4.90 Å². The highest BCUT2D eigenvalue weighted by molar-refractivity contribution is 6.21. The van der Waals surface area contributed by atoms with Crippen LogP contribution in [0.2, 0.25) is 0 Å². The number of furan rings is 1. The Labute approximate surface area is 161 Å². The van der Waals surface area contributed by atoms with Gasteiger partial charge in [-0.1, -0.05) is 24.0 Å². The molecule has 0 fully saturated rings. The number of carbonyl (C=O) groups excluding carboxylic acids is 2. The molecular weight excluding hydrogens is 360 g/mol. The minimum absolute atomic E-state index is 0.212. The molecule has 0 aliphatic carbocycles. The average molecular weight is 376 g/mol. The minimum Gasteiger partial charge on any atom is -0.465 e. The normalized spacial score (nSPS) is 11.9. The highest BCUT2D eigenvalue weighted by Crippen LogP contribution is 2.22. The van der Waals surface area contributed by atoms with Crippen LogP contribution in [0.4, 0.5) is 4.79 Å². The van der Waals surface area contributed by atoms with Crippen molar-refractivity contribution >= 4 is 17.9 Å². The number of benzene rings is 1. The third-order valence-electron chi connectivity index (χ3n) is 3.89. The molecule has 0 bridgehead atoms. The summed E-state index contributed by atoms with van der Waals surface area (Å²) in [6, 6.07) is 10.1. The molecule has 0 unspecified atom stereocenters. The molecule has 3 amide bonds. The maximum atomic E-state index is 12.2. The SMILES string of the molecule is O=C(O)NCCC#Cc1ccc(C#CCCN2C(=O)c3ccccc3C2=O)o1. The third-order valence-corrected chi connectivity index (χ3v) is 3.89. The van der Waals surface area contributed by atoms with Crippen LogP contribution in [0.3, 0.4) is 0 Å². The highest BCUT2D eigenvalue weighted by Gasteiger charge is 2.34. The molecule has 2 aromatic rings. The van der Waals surface area contributed by atoms with Crippen molar-refractivity contribution in [3.63, 3.8) is 0 Å². The zero-order chi connectivity index (χ0) is 19.9. The van der Waals surface area contributed by atoms with Crippen molar-refractivity contribution in [3.8, 4) is 23.7 Å². The van der Waals surface area contributed by atoms with Gasteiger partial charge in [0, 0.05) is 25.9 Å². The summed E-state index contributed by atoms with van der Waals surface area (Å²) in [4.78, 5) is 36.0. The third kappa shape index (κ3) is 4.40. The molecule has 28 heavy (non-hydrogen) atoms. The van der Waals surface area contributed by atoms with Gasteiger partial charge >= 0.3 is 6.09 Å². The second-order valence-electron chi connectivity index (χ2n) is 5.81. The summed E-state index contributed by atoms with van der Waals surface area (Å²) in [6.07, 6.45) is -0.388. The monoisotopic (exact) mass is 376 g/mol. The van der Waals surface area contributed by atoms with Gasteiger partial charge in [-0.3, -0.25) is 14.5 Å². The first-order valence-electron chi connectivity index (χ1n) is 8.56. The number of fused-ring (bicyclic) bond motifs is 1. The molecule has 1 aromatic carbocycles. The van der Waals surface area contributed by atoms with Gasteiger partial charge in [0.1, 0.15) is 0 Å². The van der Waals surface area contributed by atoms with E-state index in [0.29, 0.717) is 35.5 Å². The van der Waals surface area contributed by atoms with Gasteiger partial charge in [0.05, 0.1) is 11.1 Å². The Morgan fingerprint density at radius 2 is 1.54 bits per heavy atom. The first-order chi connectivity index (χ1) is 13.6. The Bertz CT molecular complexity index is 1010. The van der Waals surface area contributed by atoms with Crippen LogP contribution in [0.1, 0.15) is 45.1 Å². The summed E-state index contributed by atoms with van der Waals surface area (Å²) in [5, 5.41) is 10.7. The van der Waals surface area contributed by atoms with Gasteiger partial charge in [-0.15, -0.1) is 0 Å². The predicted molar refractivity (Wildman–Crippen MR) is 99.5 cm³/mol. The minimum atomic E-state index is -1.08. The van der Waals surface area contributed by atoms with Crippen LogP contribution in [-0.2, 0) is 0 Å². The molecule has 7 nitrogen and oxygen atoms in total. The van der Waals surface area contributed by atoms with E-state index >= 15 is 0 Å². The van der Waals surface area contributed by atoms with E-state index in [1.807, 2.05) is 0 Å². The lowest BCUT2D eigenvalue weighted by atomic mass is 10.1. The predicted octanol–water partition coefficient (Wildman–Crippen LogP) is 2.33. The van der Waals surface area contributed by atoms with Gasteiger partial charge in [0.2, 0.25) is 0 Å². The molecule has 0 saturated heterocycles. The van der Waals surface area contributed by atoms with Gasteiger partial charge in [-0.05, 0) is 36.1 Å². The Balaban J connectivity index is 1.50. The number of hydrogen-bond acceptors (Lipinski definition) is 4. The Morgan fingerprint density at radius 3 is 2.11 bits per heavy atom. The number of nitrogens with zero attached hydrogens (tertiary/aromatic N) is 1. The number of carbonyl (C=O) groups is 3. The van der Waals surface area contributed by atoms with Crippen molar-refractivity contribution in [2.75, 3.05) is 13.1 Å². The molecule has 1 aliphatic heterocycles. The fourth-order valence-electron chi connectivity index (χ4n) is 2.61. The van der Waals surface area contributed by atoms with E-state index in [9.17, 15) is 14.4 Å². The van der Waals surface area contributed by atoms with Crippen molar-refractivity contribution in [1.82, 2.24) is 10.2 Å². The molecule has 2 N–H and O–H groups in total. The number of nitrogens with one attached hydrogen (secondary N) is 1. The van der Waals surface area contributed by atoms with Crippen LogP contribution in [0.25, 0.3) is 0 Å². The second kappa shape index (κ2) is 8.61. The van der Waals surface area contributed by atoms with Gasteiger partial charge in [-0.25, -0.2) is 4.79 Å². The van der Waals surface area contributed by atoms with Gasteiger partial charge in [-0.2, -0.15) is 0 Å². The number of amides is 3. The number of rotatable bonds is 4. The lowest BCUT2D eigenvalue weighted by Gasteiger charge is -2.10. The van der Waals surface area contributed by atoms with Crippen molar-refractivity contribution in [1.29, 1.82) is 0 Å². The summed E-state index contributed by atoms with van der Waals surface area (Å²) in [5.74, 6) is 11.6. The van der Waals surface area contributed by atoms with Crippen LogP contribution >= 0.6 is 0 Å². The number of hydrogen-bond donors (Lipinski definition) is 2. The maximum Gasteiger partial charge on any atom is 0.404 e. The quantitative estimate of drug-likeness (QED) is 0.485. The zero-order valence-corrected chi connectivity index (χ0v) is 14.8. The van der Waals surface area contributed by atoms with Crippen LogP contribution in [-0.4, -0.2) is 41.0 Å². The fourth-order valence-corrected chi connectivity index (χ4v) is 2.61. The largest absolute Gasteiger partial charge is 0.465 e. The second-order valence-corrected chi connectivity index (χ2v) is 5.81. The van der Waals surface area contributed by atoms with E-state index in [-0.39, 0.29) is 24.9 Å². The number of imide groups is 1. The van der Waals surface area contributed by atoms with E-state index in [4.69, 9.17) is 9.52 Å². The average Bonchev–Trinajstić information content (AvgIpc) is 3.23. The van der Waals surface area contributed by atoms with Gasteiger partial charge in [0.15, 0.2) is 11.5 Å². The summed E-state index contributed by atoms with van der Waals surface area (Å²) >= 11 is 0. The maximum absolute atomic E-state index is 12.2. The molecule has 0 atom stereocenters. The fraction of sp³-hybridized carbons (Fsp3) is 0.190. The van der Waals surface area contributed by atoms with E-state index < -0.39 is 6.09 Å². The first-order valence-corrected chi connectivity index (χ1v) is 8.56. The standard InChI is InChI=1S/C21H16N2O5/c24-19-17-9-1-2-10-18(17)20(25)23(19)14-6-4-8-16-12-11-15(28-16)7-3-5-13-22-21(26)27/h1-2,9-12,22H,5-6,13-14H2,(H,26,27). The molecular formula is C21H16N2O5. The molecule has 1 aliphatic rings. The van der Waals surface area contributed by atoms with Crippen LogP contribution in [0.15, 0.2) is 40.8 Å². The topological polar surface area (TPSA) is 99.9 Å². The van der Waals surface area contributed by atoms with Crippen molar-refractivity contribution in [2.24, 2.45) is 0 Å². The Kier molecular flexibility index (Phi) is 5.78. The molecule has 3 rings (SSSR count). The molecule has 7 heteroatoms. The van der Waals surface area contributed by atoms with Gasteiger partial charge in [0.25, 0.3) is 11.8 Å². The van der Waals surface area contributed by atoms with E-state index in [2.05, 4.69) is 29.0 Å². The highest BCUT2D eigenvalue weighted by atomic mass is 16.4. The molecule has 0 radical (unpaired) electrons. The molecule has 0 spiro atoms. The van der Waals surface area contributed by atoms with Crippen molar-refractivity contribution < 1.29 is 23.9 Å². The summed E-state index contributed by atoms with van der Waals surface area (Å²) in [5.41, 5.74) is 0.849. The van der Waals surface area contributed by atoms with Crippen molar-refractivity contribution in [3.05, 3.63) is 59.0 Å². The Morgan fingerprint density at radius 1 is 0.964 bits per heavy atom. The summed E-state index contributed by atoms with van der Waals surface area (Å²) in [7, 11) is 0. The summed E-state index contributed by atoms with van der Waals surface area (Å²) in [6.45, 7) is 0.455. The van der Waals surface area contributed by atoms with Crippen molar-refractivity contribution in [2.45, 2.75) is 12.8 Å². The van der Waals surface area contributed by atoms with Crippen LogP contribution in [0.5, 0.6) is 0 Å². The smallest absolute Gasteiger partial charge is 0.404 e. The van der Waals surface area contributed by atoms with E-state index in [0.717, 1.165) is 0 Å². The van der Waals surface area contributed by atoms with Crippen LogP contribution in [0, 0.1) is 23.7 Å². The number of carboxylic acid groups (broad SMARTS) is 1. The Hall–Kier alpha value is -3.97. The van der Waals surface area contributed by atoms with Crippen LogP contribution < -0.4 is 5.32 Å². The van der Waals surface area contributed by atoms with E-state index in [1.54, 1.807) is 36.4 Å². The first kappa shape index (κ1) is 18.8. The molecule has 0 saturated carbocycles. The molecule has 1 aromatic heterocycles. The zero-order valence-electron chi connectivity index (χ0n) is 14.8. The van der Waals surface area contributed by atoms with Gasteiger partial charge < -0.3 is 14.8 Å². The molecule has 140 valence electrons. The lowest BCUT2D eigenvalue weighted by molar-refractivity contribution is 0.0657. The summed E-state index contributed by atoms with van der Waals surface area (Å²) < 4.78 is 5.44. The lowest BCUT2D eigenvalue weighted by Crippen LogP contribution is -2.30. The molecule has 2 heterocycles.